The number of hydrogen-bond acceptors (Lipinski definition) is 5. The van der Waals surface area contributed by atoms with E-state index in [1.54, 1.807) is 24.3 Å². The van der Waals surface area contributed by atoms with E-state index < -0.39 is 10.0 Å². The maximum Gasteiger partial charge on any atom is 0.258 e. The van der Waals surface area contributed by atoms with E-state index in [2.05, 4.69) is 21.1 Å². The van der Waals surface area contributed by atoms with Crippen molar-refractivity contribution < 1.29 is 8.42 Å². The Morgan fingerprint density at radius 1 is 1.32 bits per heavy atom. The molecular weight excluding hydrogens is 300 g/mol. The van der Waals surface area contributed by atoms with Crippen LogP contribution in [0.25, 0.3) is 0 Å². The van der Waals surface area contributed by atoms with E-state index in [9.17, 15) is 8.42 Å². The van der Waals surface area contributed by atoms with Gasteiger partial charge in [-0.15, -0.1) is 0 Å². The molecule has 0 fully saturated rings. The Morgan fingerprint density at radius 2 is 2.18 bits per heavy atom. The van der Waals surface area contributed by atoms with Crippen LogP contribution in [0.15, 0.2) is 47.6 Å². The number of fused-ring (bicyclic) bond motifs is 1. The molecule has 0 aliphatic carbocycles. The number of benzene rings is 1. The van der Waals surface area contributed by atoms with Crippen LogP contribution in [0.3, 0.4) is 0 Å². The summed E-state index contributed by atoms with van der Waals surface area (Å²) in [5.74, 6) is 0. The standard InChI is InChI=1S/C15H14N4O2S/c16-9-11-4-5-14-12(7-11)8-13(10-18-14)19-22(20,21)15-3-1-2-6-17-15/h1-7,13,18-19H,8,10H2. The predicted molar refractivity (Wildman–Crippen MR) is 81.7 cm³/mol. The molecule has 0 spiro atoms. The van der Waals surface area contributed by atoms with Gasteiger partial charge in [0, 0.05) is 24.5 Å². The van der Waals surface area contributed by atoms with Crippen molar-refractivity contribution in [1.29, 1.82) is 5.26 Å². The van der Waals surface area contributed by atoms with E-state index in [-0.39, 0.29) is 11.1 Å². The Balaban J connectivity index is 1.79. The molecule has 1 unspecified atom stereocenters. The zero-order chi connectivity index (χ0) is 15.6. The van der Waals surface area contributed by atoms with Gasteiger partial charge in [-0.3, -0.25) is 0 Å². The minimum absolute atomic E-state index is 0.00609. The average molecular weight is 314 g/mol. The minimum atomic E-state index is -3.64. The fourth-order valence-electron chi connectivity index (χ4n) is 2.44. The third-order valence-electron chi connectivity index (χ3n) is 3.47. The van der Waals surface area contributed by atoms with Crippen molar-refractivity contribution in [3.8, 4) is 6.07 Å². The van der Waals surface area contributed by atoms with E-state index in [0.717, 1.165) is 11.3 Å². The van der Waals surface area contributed by atoms with Gasteiger partial charge in [0.25, 0.3) is 10.0 Å². The molecule has 7 heteroatoms. The molecule has 1 atom stereocenters. The maximum absolute atomic E-state index is 12.3. The second kappa shape index (κ2) is 5.75. The third-order valence-corrected chi connectivity index (χ3v) is 4.91. The summed E-state index contributed by atoms with van der Waals surface area (Å²) >= 11 is 0. The fraction of sp³-hybridized carbons (Fsp3) is 0.200. The van der Waals surface area contributed by atoms with Crippen molar-refractivity contribution in [2.45, 2.75) is 17.5 Å². The molecule has 1 aromatic carbocycles. The molecule has 0 amide bonds. The van der Waals surface area contributed by atoms with E-state index in [1.165, 1.54) is 12.3 Å². The van der Waals surface area contributed by atoms with Crippen LogP contribution in [0.5, 0.6) is 0 Å². The van der Waals surface area contributed by atoms with E-state index in [1.807, 2.05) is 6.07 Å². The number of anilines is 1. The van der Waals surface area contributed by atoms with Crippen molar-refractivity contribution in [2.24, 2.45) is 0 Å². The van der Waals surface area contributed by atoms with Gasteiger partial charge in [-0.2, -0.15) is 5.26 Å². The highest BCUT2D eigenvalue weighted by molar-refractivity contribution is 7.89. The van der Waals surface area contributed by atoms with Crippen LogP contribution in [0.4, 0.5) is 5.69 Å². The quantitative estimate of drug-likeness (QED) is 0.889. The summed E-state index contributed by atoms with van der Waals surface area (Å²) < 4.78 is 27.2. The Hall–Kier alpha value is -2.43. The molecule has 0 saturated heterocycles. The predicted octanol–water partition coefficient (Wildman–Crippen LogP) is 1.27. The normalized spacial score (nSPS) is 17.1. The lowest BCUT2D eigenvalue weighted by Gasteiger charge is -2.26. The number of pyridine rings is 1. The van der Waals surface area contributed by atoms with Gasteiger partial charge in [0.2, 0.25) is 0 Å². The lowest BCUT2D eigenvalue weighted by molar-refractivity contribution is 0.545. The number of aromatic nitrogens is 1. The van der Waals surface area contributed by atoms with Gasteiger partial charge in [0.1, 0.15) is 0 Å². The van der Waals surface area contributed by atoms with Crippen LogP contribution in [-0.2, 0) is 16.4 Å². The van der Waals surface area contributed by atoms with Crippen LogP contribution in [0.1, 0.15) is 11.1 Å². The molecule has 2 N–H and O–H groups in total. The van der Waals surface area contributed by atoms with Crippen molar-refractivity contribution in [1.82, 2.24) is 9.71 Å². The second-order valence-corrected chi connectivity index (χ2v) is 6.72. The molecule has 0 bridgehead atoms. The van der Waals surface area contributed by atoms with Gasteiger partial charge in [-0.1, -0.05) is 6.07 Å². The molecular formula is C15H14N4O2S. The molecule has 1 aliphatic rings. The largest absolute Gasteiger partial charge is 0.383 e. The number of sulfonamides is 1. The van der Waals surface area contributed by atoms with Gasteiger partial charge >= 0.3 is 0 Å². The van der Waals surface area contributed by atoms with E-state index >= 15 is 0 Å². The first-order valence-electron chi connectivity index (χ1n) is 6.79. The molecule has 6 nitrogen and oxygen atoms in total. The lowest BCUT2D eigenvalue weighted by atomic mass is 9.98. The summed E-state index contributed by atoms with van der Waals surface area (Å²) in [5, 5.41) is 12.1. The Kier molecular flexibility index (Phi) is 3.79. The maximum atomic E-state index is 12.3. The first kappa shape index (κ1) is 14.5. The Labute approximate surface area is 128 Å². The fourth-order valence-corrected chi connectivity index (χ4v) is 3.63. The van der Waals surface area contributed by atoms with Gasteiger partial charge < -0.3 is 5.32 Å². The smallest absolute Gasteiger partial charge is 0.258 e. The first-order chi connectivity index (χ1) is 10.6. The first-order valence-corrected chi connectivity index (χ1v) is 8.27. The van der Waals surface area contributed by atoms with Crippen molar-refractivity contribution in [3.63, 3.8) is 0 Å². The van der Waals surface area contributed by atoms with Crippen LogP contribution in [0, 0.1) is 11.3 Å². The summed E-state index contributed by atoms with van der Waals surface area (Å²) in [5.41, 5.74) is 2.43. The topological polar surface area (TPSA) is 94.9 Å². The zero-order valence-electron chi connectivity index (χ0n) is 11.7. The molecule has 112 valence electrons. The van der Waals surface area contributed by atoms with Crippen molar-refractivity contribution in [3.05, 3.63) is 53.7 Å². The van der Waals surface area contributed by atoms with E-state index in [0.29, 0.717) is 18.5 Å². The molecule has 0 saturated carbocycles. The molecule has 1 aliphatic heterocycles. The number of hydrogen-bond donors (Lipinski definition) is 2. The average Bonchev–Trinajstić information content (AvgIpc) is 2.54. The zero-order valence-corrected chi connectivity index (χ0v) is 12.5. The summed E-state index contributed by atoms with van der Waals surface area (Å²) in [4.78, 5) is 3.87. The molecule has 2 aromatic rings. The molecule has 2 heterocycles. The summed E-state index contributed by atoms with van der Waals surface area (Å²) in [6, 6.07) is 11.9. The third kappa shape index (κ3) is 2.93. The van der Waals surface area contributed by atoms with Crippen LogP contribution in [0.2, 0.25) is 0 Å². The number of rotatable bonds is 3. The number of nitrogens with one attached hydrogen (secondary N) is 2. The molecule has 22 heavy (non-hydrogen) atoms. The van der Waals surface area contributed by atoms with Crippen molar-refractivity contribution >= 4 is 15.7 Å². The summed E-state index contributed by atoms with van der Waals surface area (Å²) in [6.07, 6.45) is 1.98. The van der Waals surface area contributed by atoms with Crippen molar-refractivity contribution in [2.75, 3.05) is 11.9 Å². The second-order valence-electron chi connectivity index (χ2n) is 5.05. The summed E-state index contributed by atoms with van der Waals surface area (Å²) in [6.45, 7) is 0.491. The number of nitrogens with zero attached hydrogens (tertiary/aromatic N) is 2. The Morgan fingerprint density at radius 3 is 2.91 bits per heavy atom. The van der Waals surface area contributed by atoms with Gasteiger partial charge in [-0.05, 0) is 42.3 Å². The van der Waals surface area contributed by atoms with Gasteiger partial charge in [0.15, 0.2) is 5.03 Å². The van der Waals surface area contributed by atoms with Gasteiger partial charge in [-0.25, -0.2) is 18.1 Å². The summed E-state index contributed by atoms with van der Waals surface area (Å²) in [7, 11) is -3.64. The monoisotopic (exact) mass is 314 g/mol. The molecule has 3 rings (SSSR count). The molecule has 1 aromatic heterocycles. The van der Waals surface area contributed by atoms with Crippen LogP contribution < -0.4 is 10.0 Å². The highest BCUT2D eigenvalue weighted by Crippen LogP contribution is 2.23. The molecule has 0 radical (unpaired) electrons. The Bertz CT molecular complexity index is 828. The lowest BCUT2D eigenvalue weighted by Crippen LogP contribution is -2.43. The highest BCUT2D eigenvalue weighted by atomic mass is 32.2. The highest BCUT2D eigenvalue weighted by Gasteiger charge is 2.25. The SMILES string of the molecule is N#Cc1ccc2c(c1)CC(NS(=O)(=O)c1ccccn1)CN2. The minimum Gasteiger partial charge on any atom is -0.383 e. The van der Waals surface area contributed by atoms with Crippen LogP contribution in [-0.4, -0.2) is 26.0 Å². The van der Waals surface area contributed by atoms with Crippen LogP contribution >= 0.6 is 0 Å². The van der Waals surface area contributed by atoms with E-state index in [4.69, 9.17) is 5.26 Å². The van der Waals surface area contributed by atoms with Gasteiger partial charge in [0.05, 0.1) is 11.6 Å². The number of nitriles is 1.